The predicted octanol–water partition coefficient (Wildman–Crippen LogP) is 2.74. The van der Waals surface area contributed by atoms with E-state index in [0.29, 0.717) is 17.8 Å². The highest BCUT2D eigenvalue weighted by Gasteiger charge is 2.32. The molecular weight excluding hydrogens is 238 g/mol. The lowest BCUT2D eigenvalue weighted by atomic mass is 9.75. The number of carbonyl (C=O) groups is 1. The maximum atomic E-state index is 12.1. The van der Waals surface area contributed by atoms with E-state index in [1.165, 1.54) is 0 Å². The van der Waals surface area contributed by atoms with Gasteiger partial charge in [0, 0.05) is 32.0 Å². The molecule has 0 aromatic rings. The first-order chi connectivity index (χ1) is 9.10. The van der Waals surface area contributed by atoms with Crippen LogP contribution in [0.4, 0.5) is 0 Å². The van der Waals surface area contributed by atoms with Gasteiger partial charge in [0.1, 0.15) is 5.78 Å². The van der Waals surface area contributed by atoms with Gasteiger partial charge in [0.15, 0.2) is 0 Å². The molecule has 19 heavy (non-hydrogen) atoms. The fourth-order valence-electron chi connectivity index (χ4n) is 3.43. The summed E-state index contributed by atoms with van der Waals surface area (Å²) >= 11 is 0. The van der Waals surface area contributed by atoms with Gasteiger partial charge in [-0.3, -0.25) is 9.69 Å². The van der Waals surface area contributed by atoms with Crippen molar-refractivity contribution in [2.75, 3.05) is 26.2 Å². The van der Waals surface area contributed by atoms with Crippen molar-refractivity contribution in [1.82, 2.24) is 4.90 Å². The lowest BCUT2D eigenvalue weighted by molar-refractivity contribution is -0.127. The van der Waals surface area contributed by atoms with Crippen molar-refractivity contribution in [1.29, 1.82) is 0 Å². The van der Waals surface area contributed by atoms with Crippen LogP contribution in [-0.4, -0.2) is 43.0 Å². The molecule has 0 radical (unpaired) electrons. The van der Waals surface area contributed by atoms with Crippen LogP contribution in [-0.2, 0) is 9.53 Å². The second-order valence-corrected chi connectivity index (χ2v) is 6.60. The van der Waals surface area contributed by atoms with Crippen LogP contribution < -0.4 is 0 Å². The summed E-state index contributed by atoms with van der Waals surface area (Å²) in [6, 6.07) is 0. The number of Topliss-reactive ketones (excluding diaryl/α,β-unsaturated/α-hetero) is 1. The molecule has 0 amide bonds. The molecule has 3 atom stereocenters. The largest absolute Gasteiger partial charge is 0.376 e. The molecule has 0 N–H and O–H groups in total. The summed E-state index contributed by atoms with van der Waals surface area (Å²) in [7, 11) is 0. The van der Waals surface area contributed by atoms with Crippen LogP contribution in [0.1, 0.15) is 46.5 Å². The van der Waals surface area contributed by atoms with E-state index in [9.17, 15) is 4.79 Å². The number of rotatable bonds is 4. The van der Waals surface area contributed by atoms with E-state index in [4.69, 9.17) is 4.74 Å². The summed E-state index contributed by atoms with van der Waals surface area (Å²) in [6.45, 7) is 10.5. The minimum atomic E-state index is 0.275. The third kappa shape index (κ3) is 4.03. The molecule has 3 unspecified atom stereocenters. The first kappa shape index (κ1) is 15.0. The van der Waals surface area contributed by atoms with Gasteiger partial charge >= 0.3 is 0 Å². The van der Waals surface area contributed by atoms with Crippen LogP contribution in [0.2, 0.25) is 0 Å². The van der Waals surface area contributed by atoms with Crippen LogP contribution in [0.5, 0.6) is 0 Å². The summed E-state index contributed by atoms with van der Waals surface area (Å²) in [5.74, 6) is 2.22. The number of nitrogens with zero attached hydrogens (tertiary/aromatic N) is 1. The summed E-state index contributed by atoms with van der Waals surface area (Å²) in [4.78, 5) is 14.6. The maximum absolute atomic E-state index is 12.1. The minimum absolute atomic E-state index is 0.275. The van der Waals surface area contributed by atoms with Crippen molar-refractivity contribution >= 4 is 5.78 Å². The summed E-state index contributed by atoms with van der Waals surface area (Å²) < 4.78 is 5.71. The molecular formula is C16H29NO2. The van der Waals surface area contributed by atoms with Gasteiger partial charge in [-0.05, 0) is 31.1 Å². The molecule has 2 aliphatic rings. The molecule has 1 saturated carbocycles. The Bertz CT molecular complexity index is 303. The van der Waals surface area contributed by atoms with Crippen molar-refractivity contribution in [3.63, 3.8) is 0 Å². The van der Waals surface area contributed by atoms with Crippen molar-refractivity contribution in [3.05, 3.63) is 0 Å². The molecule has 3 nitrogen and oxygen atoms in total. The number of ketones is 1. The molecule has 0 aromatic heterocycles. The molecule has 2 fully saturated rings. The Labute approximate surface area is 117 Å². The van der Waals surface area contributed by atoms with Gasteiger partial charge in [-0.1, -0.05) is 20.8 Å². The second kappa shape index (κ2) is 6.85. The average molecular weight is 267 g/mol. The zero-order valence-electron chi connectivity index (χ0n) is 12.7. The van der Waals surface area contributed by atoms with Gasteiger partial charge in [-0.15, -0.1) is 0 Å². The molecule has 1 aliphatic heterocycles. The zero-order chi connectivity index (χ0) is 13.8. The average Bonchev–Trinajstić information content (AvgIpc) is 2.41. The van der Waals surface area contributed by atoms with Crippen LogP contribution in [0.3, 0.4) is 0 Å². The van der Waals surface area contributed by atoms with Crippen LogP contribution in [0.15, 0.2) is 0 Å². The Morgan fingerprint density at radius 3 is 2.89 bits per heavy atom. The number of morpholine rings is 1. The molecule has 1 heterocycles. The third-order valence-corrected chi connectivity index (χ3v) is 4.90. The van der Waals surface area contributed by atoms with Crippen LogP contribution in [0.25, 0.3) is 0 Å². The fourth-order valence-corrected chi connectivity index (χ4v) is 3.43. The topological polar surface area (TPSA) is 29.5 Å². The molecule has 1 saturated heterocycles. The fraction of sp³-hybridized carbons (Fsp3) is 0.938. The third-order valence-electron chi connectivity index (χ3n) is 4.90. The standard InChI is InChI=1S/C16H29NO2/c1-4-15-11-17(7-8-19-15)10-14-9-13(12(2)3)5-6-16(14)18/h12-15H,4-11H2,1-3H3. The lowest BCUT2D eigenvalue weighted by Crippen LogP contribution is -2.46. The molecule has 3 heteroatoms. The lowest BCUT2D eigenvalue weighted by Gasteiger charge is -2.37. The van der Waals surface area contributed by atoms with E-state index in [0.717, 1.165) is 57.8 Å². The van der Waals surface area contributed by atoms with Crippen molar-refractivity contribution in [3.8, 4) is 0 Å². The monoisotopic (exact) mass is 267 g/mol. The van der Waals surface area contributed by atoms with E-state index >= 15 is 0 Å². The zero-order valence-corrected chi connectivity index (χ0v) is 12.7. The number of hydrogen-bond acceptors (Lipinski definition) is 3. The van der Waals surface area contributed by atoms with Gasteiger partial charge in [0.2, 0.25) is 0 Å². The highest BCUT2D eigenvalue weighted by atomic mass is 16.5. The normalized spacial score (nSPS) is 33.9. The van der Waals surface area contributed by atoms with Gasteiger partial charge < -0.3 is 4.74 Å². The van der Waals surface area contributed by atoms with Gasteiger partial charge in [0.25, 0.3) is 0 Å². The molecule has 0 spiro atoms. The molecule has 0 bridgehead atoms. The number of ether oxygens (including phenoxy) is 1. The smallest absolute Gasteiger partial charge is 0.137 e. The predicted molar refractivity (Wildman–Crippen MR) is 77.1 cm³/mol. The molecule has 2 rings (SSSR count). The first-order valence-corrected chi connectivity index (χ1v) is 7.96. The second-order valence-electron chi connectivity index (χ2n) is 6.60. The SMILES string of the molecule is CCC1CN(CC2CC(C(C)C)CCC2=O)CCO1. The Hall–Kier alpha value is -0.410. The molecule has 0 aromatic carbocycles. The molecule has 110 valence electrons. The van der Waals surface area contributed by atoms with Crippen molar-refractivity contribution < 1.29 is 9.53 Å². The highest BCUT2D eigenvalue weighted by molar-refractivity contribution is 5.82. The number of hydrogen-bond donors (Lipinski definition) is 0. The van der Waals surface area contributed by atoms with Crippen LogP contribution in [0, 0.1) is 17.8 Å². The Balaban J connectivity index is 1.87. The van der Waals surface area contributed by atoms with Crippen molar-refractivity contribution in [2.24, 2.45) is 17.8 Å². The Morgan fingerprint density at radius 1 is 1.42 bits per heavy atom. The van der Waals surface area contributed by atoms with E-state index in [-0.39, 0.29) is 5.92 Å². The van der Waals surface area contributed by atoms with E-state index < -0.39 is 0 Å². The summed E-state index contributed by atoms with van der Waals surface area (Å²) in [6.07, 6.45) is 4.45. The van der Waals surface area contributed by atoms with Crippen molar-refractivity contribution in [2.45, 2.75) is 52.6 Å². The van der Waals surface area contributed by atoms with E-state index in [1.54, 1.807) is 0 Å². The van der Waals surface area contributed by atoms with Crippen LogP contribution >= 0.6 is 0 Å². The molecule has 1 aliphatic carbocycles. The quantitative estimate of drug-likeness (QED) is 0.784. The van der Waals surface area contributed by atoms with Gasteiger partial charge in [-0.25, -0.2) is 0 Å². The Kier molecular flexibility index (Phi) is 5.40. The maximum Gasteiger partial charge on any atom is 0.137 e. The highest BCUT2D eigenvalue weighted by Crippen LogP contribution is 2.32. The van der Waals surface area contributed by atoms with Gasteiger partial charge in [-0.2, -0.15) is 0 Å². The summed E-state index contributed by atoms with van der Waals surface area (Å²) in [5.41, 5.74) is 0. The first-order valence-electron chi connectivity index (χ1n) is 7.96. The van der Waals surface area contributed by atoms with Gasteiger partial charge in [0.05, 0.1) is 12.7 Å². The Morgan fingerprint density at radius 2 is 2.21 bits per heavy atom. The summed E-state index contributed by atoms with van der Waals surface area (Å²) in [5, 5.41) is 0. The number of carbonyl (C=O) groups excluding carboxylic acids is 1. The van der Waals surface area contributed by atoms with E-state index in [2.05, 4.69) is 25.7 Å². The minimum Gasteiger partial charge on any atom is -0.376 e. The van der Waals surface area contributed by atoms with E-state index in [1.807, 2.05) is 0 Å².